The zero-order valence-corrected chi connectivity index (χ0v) is 18.2. The molecule has 0 radical (unpaired) electrons. The van der Waals surface area contributed by atoms with Crippen molar-refractivity contribution in [2.75, 3.05) is 6.54 Å². The molecule has 3 N–H and O–H groups in total. The summed E-state index contributed by atoms with van der Waals surface area (Å²) < 4.78 is 0. The maximum atomic E-state index is 12.6. The molecule has 31 heavy (non-hydrogen) atoms. The number of carbonyl (C=O) groups excluding carboxylic acids is 5. The monoisotopic (exact) mass is 437 g/mol. The first-order valence-corrected chi connectivity index (χ1v) is 10.4. The van der Waals surface area contributed by atoms with Crippen LogP contribution in [0.3, 0.4) is 0 Å². The molecule has 0 saturated carbocycles. The van der Waals surface area contributed by atoms with E-state index in [1.807, 2.05) is 0 Å². The minimum atomic E-state index is -1.07. The van der Waals surface area contributed by atoms with Gasteiger partial charge < -0.3 is 15.7 Å². The van der Waals surface area contributed by atoms with E-state index in [2.05, 4.69) is 10.6 Å². The van der Waals surface area contributed by atoms with E-state index in [9.17, 15) is 28.8 Å². The van der Waals surface area contributed by atoms with Crippen molar-refractivity contribution in [2.24, 2.45) is 5.92 Å². The second kappa shape index (κ2) is 12.6. The van der Waals surface area contributed by atoms with Crippen molar-refractivity contribution in [3.8, 4) is 0 Å². The van der Waals surface area contributed by atoms with Gasteiger partial charge in [0.15, 0.2) is 5.78 Å². The minimum Gasteiger partial charge on any atom is -0.481 e. The van der Waals surface area contributed by atoms with Gasteiger partial charge in [0.1, 0.15) is 6.04 Å². The average Bonchev–Trinajstić information content (AvgIpc) is 3.00. The highest BCUT2D eigenvalue weighted by Crippen LogP contribution is 2.09. The number of hydrogen-bond donors (Lipinski definition) is 3. The second-order valence-electron chi connectivity index (χ2n) is 7.87. The summed E-state index contributed by atoms with van der Waals surface area (Å²) in [6.45, 7) is 5.08. The van der Waals surface area contributed by atoms with Crippen LogP contribution in [-0.4, -0.2) is 64.0 Å². The normalized spacial score (nSPS) is 15.2. The van der Waals surface area contributed by atoms with Crippen LogP contribution in [0.5, 0.6) is 0 Å². The third-order valence-electron chi connectivity index (χ3n) is 4.91. The van der Waals surface area contributed by atoms with Crippen molar-refractivity contribution in [3.05, 3.63) is 12.2 Å². The Kier molecular flexibility index (Phi) is 10.6. The molecule has 172 valence electrons. The molecule has 0 aromatic rings. The van der Waals surface area contributed by atoms with Crippen LogP contribution in [0.1, 0.15) is 59.3 Å². The van der Waals surface area contributed by atoms with Gasteiger partial charge in [-0.1, -0.05) is 20.3 Å². The fourth-order valence-electron chi connectivity index (χ4n) is 3.07. The molecule has 1 aliphatic heterocycles. The quantitative estimate of drug-likeness (QED) is 0.265. The summed E-state index contributed by atoms with van der Waals surface area (Å²) in [6, 6.07) is -1.78. The predicted octanol–water partition coefficient (Wildman–Crippen LogP) is 0.551. The molecule has 1 rings (SSSR count). The molecule has 0 fully saturated rings. The molecule has 1 aliphatic rings. The molecule has 0 spiro atoms. The number of carboxylic acid groups (broad SMARTS) is 1. The van der Waals surface area contributed by atoms with Crippen molar-refractivity contribution in [3.63, 3.8) is 0 Å². The largest absolute Gasteiger partial charge is 0.481 e. The van der Waals surface area contributed by atoms with E-state index < -0.39 is 24.0 Å². The third kappa shape index (κ3) is 9.10. The summed E-state index contributed by atoms with van der Waals surface area (Å²) in [6.07, 6.45) is 4.08. The van der Waals surface area contributed by atoms with Crippen LogP contribution < -0.4 is 10.6 Å². The van der Waals surface area contributed by atoms with E-state index in [0.29, 0.717) is 25.8 Å². The number of carbonyl (C=O) groups is 6. The van der Waals surface area contributed by atoms with Crippen LogP contribution in [0, 0.1) is 5.92 Å². The lowest BCUT2D eigenvalue weighted by Gasteiger charge is -2.24. The molecule has 0 aromatic carbocycles. The van der Waals surface area contributed by atoms with Crippen molar-refractivity contribution in [2.45, 2.75) is 71.4 Å². The Balaban J connectivity index is 2.44. The zero-order valence-electron chi connectivity index (χ0n) is 18.2. The number of aliphatic carboxylic acids is 1. The first-order valence-electron chi connectivity index (χ1n) is 10.4. The molecule has 10 heteroatoms. The van der Waals surface area contributed by atoms with Gasteiger partial charge in [0.25, 0.3) is 11.8 Å². The average molecular weight is 437 g/mol. The summed E-state index contributed by atoms with van der Waals surface area (Å²) in [5.74, 6) is -3.18. The van der Waals surface area contributed by atoms with E-state index in [1.54, 1.807) is 13.8 Å². The number of rotatable bonds is 14. The Bertz CT molecular complexity index is 727. The Hall–Kier alpha value is -3.04. The minimum absolute atomic E-state index is 0.0211. The highest BCUT2D eigenvalue weighted by atomic mass is 16.4. The number of imide groups is 1. The number of carboxylic acids is 1. The highest BCUT2D eigenvalue weighted by molar-refractivity contribution is 6.12. The summed E-state index contributed by atoms with van der Waals surface area (Å²) in [5.41, 5.74) is 0. The second-order valence-corrected chi connectivity index (χ2v) is 7.87. The molecule has 2 atom stereocenters. The van der Waals surface area contributed by atoms with E-state index in [0.717, 1.165) is 4.90 Å². The predicted molar refractivity (Wildman–Crippen MR) is 111 cm³/mol. The van der Waals surface area contributed by atoms with Gasteiger partial charge in [-0.25, -0.2) is 0 Å². The topological polar surface area (TPSA) is 150 Å². The van der Waals surface area contributed by atoms with Crippen LogP contribution in [0.15, 0.2) is 12.2 Å². The van der Waals surface area contributed by atoms with Crippen molar-refractivity contribution < 1.29 is 33.9 Å². The van der Waals surface area contributed by atoms with Crippen LogP contribution >= 0.6 is 0 Å². The van der Waals surface area contributed by atoms with Crippen LogP contribution in [0.2, 0.25) is 0 Å². The number of Topliss-reactive ketones (excluding diaryl/α,β-unsaturated/α-hetero) is 1. The molecule has 0 saturated heterocycles. The molecule has 0 aromatic heterocycles. The van der Waals surface area contributed by atoms with Crippen molar-refractivity contribution in [1.82, 2.24) is 15.5 Å². The zero-order chi connectivity index (χ0) is 23.6. The smallest absolute Gasteiger partial charge is 0.303 e. The molecule has 10 nitrogen and oxygen atoms in total. The van der Waals surface area contributed by atoms with E-state index in [-0.39, 0.29) is 48.7 Å². The SMILES string of the molecule is CC(=O)[C@H](CCC(=O)O)NC(=O)C(NC(=O)CCCCCN1C(=O)C=CC1=O)C(C)C. The molecule has 4 amide bonds. The highest BCUT2D eigenvalue weighted by Gasteiger charge is 2.28. The van der Waals surface area contributed by atoms with Gasteiger partial charge in [0.2, 0.25) is 11.8 Å². The Morgan fingerprint density at radius 1 is 0.968 bits per heavy atom. The van der Waals surface area contributed by atoms with Gasteiger partial charge in [0, 0.05) is 31.5 Å². The van der Waals surface area contributed by atoms with Crippen LogP contribution in [0.25, 0.3) is 0 Å². The van der Waals surface area contributed by atoms with Gasteiger partial charge >= 0.3 is 5.97 Å². The fourth-order valence-corrected chi connectivity index (χ4v) is 3.07. The first kappa shape index (κ1) is 26.0. The van der Waals surface area contributed by atoms with Crippen LogP contribution in [-0.2, 0) is 28.8 Å². The van der Waals surface area contributed by atoms with Crippen molar-refractivity contribution >= 4 is 35.4 Å². The summed E-state index contributed by atoms with van der Waals surface area (Å²) >= 11 is 0. The number of amides is 4. The fraction of sp³-hybridized carbons (Fsp3) is 0.619. The molecule has 1 unspecified atom stereocenters. The summed E-state index contributed by atoms with van der Waals surface area (Å²) in [5, 5.41) is 14.0. The first-order chi connectivity index (χ1) is 14.5. The summed E-state index contributed by atoms with van der Waals surface area (Å²) in [4.78, 5) is 71.3. The standard InChI is InChI=1S/C21H31N3O7/c1-13(2)20(21(31)22-15(14(3)25)8-11-19(29)30)23-16(26)7-5-4-6-12-24-17(27)9-10-18(24)28/h9-10,13,15,20H,4-8,11-12H2,1-3H3,(H,22,31)(H,23,26)(H,29,30)/t15-,20?/m0/s1. The number of nitrogens with one attached hydrogen (secondary N) is 2. The molecular weight excluding hydrogens is 406 g/mol. The Morgan fingerprint density at radius 2 is 1.58 bits per heavy atom. The molecule has 0 bridgehead atoms. The van der Waals surface area contributed by atoms with Crippen LogP contribution in [0.4, 0.5) is 0 Å². The lowest BCUT2D eigenvalue weighted by Crippen LogP contribution is -2.53. The number of nitrogens with zero attached hydrogens (tertiary/aromatic N) is 1. The third-order valence-corrected chi connectivity index (χ3v) is 4.91. The van der Waals surface area contributed by atoms with E-state index in [4.69, 9.17) is 5.11 Å². The van der Waals surface area contributed by atoms with Gasteiger partial charge in [0.05, 0.1) is 6.04 Å². The lowest BCUT2D eigenvalue weighted by atomic mass is 10.0. The van der Waals surface area contributed by atoms with Gasteiger partial charge in [-0.15, -0.1) is 0 Å². The van der Waals surface area contributed by atoms with Gasteiger partial charge in [-0.2, -0.15) is 0 Å². The molecule has 0 aliphatic carbocycles. The van der Waals surface area contributed by atoms with Gasteiger partial charge in [-0.05, 0) is 32.1 Å². The van der Waals surface area contributed by atoms with E-state index in [1.165, 1.54) is 19.1 Å². The number of ketones is 1. The molecule has 1 heterocycles. The van der Waals surface area contributed by atoms with Crippen molar-refractivity contribution in [1.29, 1.82) is 0 Å². The van der Waals surface area contributed by atoms with Gasteiger partial charge in [-0.3, -0.25) is 33.7 Å². The Morgan fingerprint density at radius 3 is 2.10 bits per heavy atom. The maximum Gasteiger partial charge on any atom is 0.303 e. The summed E-state index contributed by atoms with van der Waals surface area (Å²) in [7, 11) is 0. The Labute approximate surface area is 181 Å². The van der Waals surface area contributed by atoms with E-state index >= 15 is 0 Å². The molecular formula is C21H31N3O7. The number of unbranched alkanes of at least 4 members (excludes halogenated alkanes) is 2. The lowest BCUT2D eigenvalue weighted by molar-refractivity contribution is -0.138. The number of hydrogen-bond acceptors (Lipinski definition) is 6. The maximum absolute atomic E-state index is 12.6.